The second-order valence-corrected chi connectivity index (χ2v) is 8.54. The van der Waals surface area contributed by atoms with Gasteiger partial charge in [0.25, 0.3) is 0 Å². The van der Waals surface area contributed by atoms with Gasteiger partial charge in [-0.15, -0.1) is 22.7 Å². The highest BCUT2D eigenvalue weighted by molar-refractivity contribution is 7.21. The summed E-state index contributed by atoms with van der Waals surface area (Å²) in [7, 11) is 0. The van der Waals surface area contributed by atoms with Crippen LogP contribution < -0.4 is 10.5 Å². The maximum Gasteiger partial charge on any atom is 0.129 e. The number of nitrogens with zero attached hydrogens (tertiary/aromatic N) is 1. The molecule has 21 heavy (non-hydrogen) atoms. The minimum Gasteiger partial charge on any atom is -0.489 e. The Morgan fingerprint density at radius 1 is 1.43 bits per heavy atom. The van der Waals surface area contributed by atoms with Crippen LogP contribution in [0.5, 0.6) is 5.75 Å². The summed E-state index contributed by atoms with van der Waals surface area (Å²) in [5, 5.41) is 4.39. The fourth-order valence-electron chi connectivity index (χ4n) is 2.95. The van der Waals surface area contributed by atoms with Crippen LogP contribution >= 0.6 is 22.7 Å². The fraction of sp³-hybridized carbons (Fsp3) is 0.438. The first kappa shape index (κ1) is 13.5. The lowest BCUT2D eigenvalue weighted by atomic mass is 9.65. The molecule has 0 bridgehead atoms. The molecule has 1 saturated carbocycles. The maximum atomic E-state index is 6.33. The van der Waals surface area contributed by atoms with Crippen molar-refractivity contribution in [1.29, 1.82) is 0 Å². The highest BCUT2D eigenvalue weighted by atomic mass is 32.1. The lowest BCUT2D eigenvalue weighted by Gasteiger charge is -2.49. The van der Waals surface area contributed by atoms with E-state index in [-0.39, 0.29) is 17.6 Å². The topological polar surface area (TPSA) is 48.1 Å². The molecule has 0 spiro atoms. The van der Waals surface area contributed by atoms with Crippen molar-refractivity contribution < 1.29 is 4.74 Å². The molecule has 3 aromatic rings. The molecule has 2 unspecified atom stereocenters. The quantitative estimate of drug-likeness (QED) is 0.765. The van der Waals surface area contributed by atoms with Crippen LogP contribution in [0.4, 0.5) is 0 Å². The van der Waals surface area contributed by atoms with Gasteiger partial charge in [0.1, 0.15) is 11.9 Å². The lowest BCUT2D eigenvalue weighted by molar-refractivity contribution is -0.0390. The summed E-state index contributed by atoms with van der Waals surface area (Å²) in [5.74, 6) is 0.979. The zero-order chi connectivity index (χ0) is 14.8. The van der Waals surface area contributed by atoms with Gasteiger partial charge in [0.15, 0.2) is 0 Å². The van der Waals surface area contributed by atoms with Gasteiger partial charge in [-0.2, -0.15) is 0 Å². The average Bonchev–Trinajstić information content (AvgIpc) is 3.03. The molecule has 0 aliphatic heterocycles. The Balaban J connectivity index is 1.82. The highest BCUT2D eigenvalue weighted by Gasteiger charge is 2.48. The molecule has 2 N–H and O–H groups in total. The monoisotopic (exact) mass is 318 g/mol. The number of thiazole rings is 1. The normalized spacial score (nSPS) is 24.4. The Bertz CT molecular complexity index is 833. The molecular weight excluding hydrogens is 300 g/mol. The number of benzene rings is 1. The van der Waals surface area contributed by atoms with Crippen LogP contribution in [0.15, 0.2) is 17.5 Å². The Morgan fingerprint density at radius 3 is 2.95 bits per heavy atom. The largest absolute Gasteiger partial charge is 0.489 e. The molecule has 1 aliphatic rings. The third kappa shape index (κ3) is 1.91. The smallest absolute Gasteiger partial charge is 0.129 e. The molecule has 2 aromatic heterocycles. The van der Waals surface area contributed by atoms with Crippen LogP contribution in [-0.4, -0.2) is 17.1 Å². The molecule has 1 fully saturated rings. The van der Waals surface area contributed by atoms with Gasteiger partial charge < -0.3 is 10.5 Å². The highest BCUT2D eigenvalue weighted by Crippen LogP contribution is 2.45. The number of nitrogens with two attached hydrogens (primary N) is 1. The average molecular weight is 318 g/mol. The van der Waals surface area contributed by atoms with Crippen LogP contribution in [0, 0.1) is 12.3 Å². The number of aromatic nitrogens is 1. The number of thiophene rings is 1. The third-order valence-corrected chi connectivity index (χ3v) is 6.53. The number of hydrogen-bond donors (Lipinski definition) is 1. The van der Waals surface area contributed by atoms with E-state index in [1.807, 2.05) is 0 Å². The van der Waals surface area contributed by atoms with Crippen molar-refractivity contribution in [3.05, 3.63) is 22.5 Å². The van der Waals surface area contributed by atoms with Gasteiger partial charge in [0.2, 0.25) is 0 Å². The van der Waals surface area contributed by atoms with E-state index in [1.54, 1.807) is 22.7 Å². The minimum absolute atomic E-state index is 0.0426. The van der Waals surface area contributed by atoms with Gasteiger partial charge in [-0.25, -0.2) is 4.98 Å². The van der Waals surface area contributed by atoms with E-state index in [9.17, 15) is 0 Å². The number of ether oxygens (including phenoxy) is 1. The summed E-state index contributed by atoms with van der Waals surface area (Å²) in [6.07, 6.45) is 1.13. The van der Waals surface area contributed by atoms with Crippen LogP contribution in [0.2, 0.25) is 0 Å². The predicted octanol–water partition coefficient (Wildman–Crippen LogP) is 4.32. The number of rotatable bonds is 2. The molecule has 1 aliphatic carbocycles. The van der Waals surface area contributed by atoms with Crippen molar-refractivity contribution >= 4 is 43.0 Å². The third-order valence-electron chi connectivity index (χ3n) is 4.69. The molecule has 4 rings (SSSR count). The second-order valence-electron chi connectivity index (χ2n) is 6.39. The van der Waals surface area contributed by atoms with E-state index in [0.29, 0.717) is 0 Å². The summed E-state index contributed by atoms with van der Waals surface area (Å²) in [6, 6.07) is 4.51. The van der Waals surface area contributed by atoms with Gasteiger partial charge in [-0.05, 0) is 18.4 Å². The van der Waals surface area contributed by atoms with E-state index >= 15 is 0 Å². The van der Waals surface area contributed by atoms with Crippen molar-refractivity contribution in [3.8, 4) is 5.75 Å². The zero-order valence-corrected chi connectivity index (χ0v) is 14.0. The Hall–Kier alpha value is -1.17. The predicted molar refractivity (Wildman–Crippen MR) is 90.5 cm³/mol. The van der Waals surface area contributed by atoms with Gasteiger partial charge in [-0.1, -0.05) is 13.8 Å². The molecule has 110 valence electrons. The molecule has 0 radical (unpaired) electrons. The molecular formula is C16H18N2OS2. The van der Waals surface area contributed by atoms with Gasteiger partial charge in [0.05, 0.1) is 19.9 Å². The lowest BCUT2D eigenvalue weighted by Crippen LogP contribution is -2.60. The molecule has 0 amide bonds. The Morgan fingerprint density at radius 2 is 2.24 bits per heavy atom. The minimum atomic E-state index is 0.0426. The van der Waals surface area contributed by atoms with E-state index < -0.39 is 0 Å². The Kier molecular flexibility index (Phi) is 2.83. The van der Waals surface area contributed by atoms with E-state index in [1.165, 1.54) is 14.8 Å². The summed E-state index contributed by atoms with van der Waals surface area (Å²) in [5.41, 5.74) is 7.25. The summed E-state index contributed by atoms with van der Waals surface area (Å²) >= 11 is 3.47. The van der Waals surface area contributed by atoms with E-state index in [2.05, 4.69) is 43.3 Å². The van der Waals surface area contributed by atoms with Crippen LogP contribution in [-0.2, 0) is 0 Å². The first-order valence-electron chi connectivity index (χ1n) is 7.16. The van der Waals surface area contributed by atoms with Crippen molar-refractivity contribution in [2.75, 3.05) is 0 Å². The zero-order valence-electron chi connectivity index (χ0n) is 12.3. The van der Waals surface area contributed by atoms with E-state index in [0.717, 1.165) is 22.7 Å². The summed E-state index contributed by atoms with van der Waals surface area (Å²) in [6.45, 7) is 6.43. The first-order valence-corrected chi connectivity index (χ1v) is 8.86. The van der Waals surface area contributed by atoms with Crippen molar-refractivity contribution in [1.82, 2.24) is 4.98 Å². The van der Waals surface area contributed by atoms with Crippen LogP contribution in [0.25, 0.3) is 20.3 Å². The van der Waals surface area contributed by atoms with Crippen molar-refractivity contribution in [2.45, 2.75) is 39.3 Å². The molecule has 0 saturated heterocycles. The van der Waals surface area contributed by atoms with Gasteiger partial charge >= 0.3 is 0 Å². The molecule has 2 atom stereocenters. The Labute approximate surface area is 131 Å². The number of aryl methyl sites for hydroxylation is 1. The maximum absolute atomic E-state index is 6.33. The molecule has 5 heteroatoms. The summed E-state index contributed by atoms with van der Waals surface area (Å²) < 4.78 is 8.77. The van der Waals surface area contributed by atoms with Crippen LogP contribution in [0.3, 0.4) is 0 Å². The number of hydrogen-bond acceptors (Lipinski definition) is 5. The second kappa shape index (κ2) is 4.41. The van der Waals surface area contributed by atoms with Crippen molar-refractivity contribution in [3.63, 3.8) is 0 Å². The van der Waals surface area contributed by atoms with E-state index in [4.69, 9.17) is 10.5 Å². The molecule has 2 heterocycles. The first-order chi connectivity index (χ1) is 9.96. The fourth-order valence-corrected chi connectivity index (χ4v) is 4.79. The van der Waals surface area contributed by atoms with Gasteiger partial charge in [-0.3, -0.25) is 0 Å². The summed E-state index contributed by atoms with van der Waals surface area (Å²) in [4.78, 5) is 4.66. The standard InChI is InChI=1S/C16H18N2OS2/c1-8-18-14-11(21-8)6-10(9-4-5-20-15(9)14)19-13-7-12(17)16(13,2)3/h4-6,12-13H,7,17H2,1-3H3. The number of fused-ring (bicyclic) bond motifs is 3. The van der Waals surface area contributed by atoms with Gasteiger partial charge in [0, 0.05) is 29.3 Å². The SMILES string of the molecule is Cc1nc2c(cc(OC3CC(N)C3(C)C)c3ccsc32)s1. The molecule has 3 nitrogen and oxygen atoms in total. The van der Waals surface area contributed by atoms with Crippen LogP contribution in [0.1, 0.15) is 25.3 Å². The molecule has 1 aromatic carbocycles. The van der Waals surface area contributed by atoms with Crippen molar-refractivity contribution in [2.24, 2.45) is 11.1 Å².